The van der Waals surface area contributed by atoms with Crippen molar-refractivity contribution in [3.63, 3.8) is 0 Å². The van der Waals surface area contributed by atoms with Crippen molar-refractivity contribution in [3.05, 3.63) is 0 Å². The third kappa shape index (κ3) is 8.87. The number of rotatable bonds is 8. The van der Waals surface area contributed by atoms with Crippen LogP contribution in [0.1, 0.15) is 19.3 Å². The lowest BCUT2D eigenvalue weighted by Crippen LogP contribution is -2.42. The number of hydrogen-bond donors (Lipinski definition) is 1. The second-order valence-corrected chi connectivity index (χ2v) is 9.08. The second kappa shape index (κ2) is 11.6. The molecule has 0 aliphatic carbocycles. The van der Waals surface area contributed by atoms with Gasteiger partial charge in [0.05, 0.1) is 19.0 Å². The van der Waals surface area contributed by atoms with Gasteiger partial charge in [0.15, 0.2) is 5.96 Å². The summed E-state index contributed by atoms with van der Waals surface area (Å²) in [4.78, 5) is 9.26. The highest BCUT2D eigenvalue weighted by atomic mass is 127. The zero-order valence-electron chi connectivity index (χ0n) is 15.4. The summed E-state index contributed by atoms with van der Waals surface area (Å²) in [5, 5.41) is 3.31. The van der Waals surface area contributed by atoms with E-state index in [-0.39, 0.29) is 36.3 Å². The van der Waals surface area contributed by atoms with Crippen LogP contribution in [0.25, 0.3) is 0 Å². The molecule has 2 heterocycles. The zero-order chi connectivity index (χ0) is 17.4. The molecule has 2 saturated heterocycles. The molecular formula is C16H33IN4O3S. The van der Waals surface area contributed by atoms with Gasteiger partial charge in [-0.2, -0.15) is 0 Å². The fourth-order valence-corrected chi connectivity index (χ4v) is 3.80. The Balaban J connectivity index is 0.00000312. The van der Waals surface area contributed by atoms with E-state index in [0.29, 0.717) is 13.2 Å². The topological polar surface area (TPSA) is 74.2 Å². The Morgan fingerprint density at radius 2 is 1.96 bits per heavy atom. The fourth-order valence-electron chi connectivity index (χ4n) is 3.38. The molecule has 0 amide bonds. The Morgan fingerprint density at radius 3 is 2.60 bits per heavy atom. The van der Waals surface area contributed by atoms with Crippen LogP contribution in [-0.2, 0) is 14.6 Å². The number of sulfone groups is 1. The van der Waals surface area contributed by atoms with E-state index in [4.69, 9.17) is 4.74 Å². The molecule has 0 aromatic heterocycles. The van der Waals surface area contributed by atoms with E-state index in [1.165, 1.54) is 45.2 Å². The number of ether oxygens (including phenoxy) is 1. The van der Waals surface area contributed by atoms with Crippen LogP contribution < -0.4 is 5.32 Å². The molecule has 0 spiro atoms. The Morgan fingerprint density at radius 1 is 1.24 bits per heavy atom. The maximum atomic E-state index is 11.0. The lowest BCUT2D eigenvalue weighted by molar-refractivity contribution is 0.153. The molecule has 2 fully saturated rings. The third-order valence-corrected chi connectivity index (χ3v) is 5.55. The summed E-state index contributed by atoms with van der Waals surface area (Å²) in [5.41, 5.74) is 0. The average Bonchev–Trinajstić information content (AvgIpc) is 3.18. The zero-order valence-corrected chi connectivity index (χ0v) is 18.6. The molecule has 1 atom stereocenters. The molecule has 148 valence electrons. The Hall–Kier alpha value is -0.130. The molecule has 25 heavy (non-hydrogen) atoms. The van der Waals surface area contributed by atoms with E-state index >= 15 is 0 Å². The highest BCUT2D eigenvalue weighted by Gasteiger charge is 2.27. The molecule has 1 unspecified atom stereocenters. The molecule has 7 nitrogen and oxygen atoms in total. The minimum absolute atomic E-state index is 0. The third-order valence-electron chi connectivity index (χ3n) is 4.64. The van der Waals surface area contributed by atoms with Crippen LogP contribution in [0.4, 0.5) is 0 Å². The predicted octanol–water partition coefficient (Wildman–Crippen LogP) is 0.659. The van der Waals surface area contributed by atoms with Crippen LogP contribution in [0.5, 0.6) is 0 Å². The van der Waals surface area contributed by atoms with Crippen LogP contribution in [0.3, 0.4) is 0 Å². The standard InChI is InChI=1S/C16H32N4O3S.HI/c1-17-16(18-6-10-23-11-12-24(2,21)22)20-9-5-15(14-20)13-19-7-3-4-8-19;/h15H,3-14H2,1-2H3,(H,17,18);1H. The maximum absolute atomic E-state index is 11.0. The summed E-state index contributed by atoms with van der Waals surface area (Å²) >= 11 is 0. The number of aliphatic imine (C=N–C) groups is 1. The van der Waals surface area contributed by atoms with Crippen molar-refractivity contribution in [1.29, 1.82) is 0 Å². The molecule has 1 N–H and O–H groups in total. The van der Waals surface area contributed by atoms with Crippen LogP contribution in [0.15, 0.2) is 4.99 Å². The van der Waals surface area contributed by atoms with Crippen molar-refractivity contribution in [2.45, 2.75) is 19.3 Å². The van der Waals surface area contributed by atoms with Crippen molar-refractivity contribution in [2.24, 2.45) is 10.9 Å². The lowest BCUT2D eigenvalue weighted by Gasteiger charge is -2.23. The highest BCUT2D eigenvalue weighted by molar-refractivity contribution is 14.0. The van der Waals surface area contributed by atoms with Gasteiger partial charge in [-0.1, -0.05) is 0 Å². The van der Waals surface area contributed by atoms with Gasteiger partial charge in [0.2, 0.25) is 0 Å². The maximum Gasteiger partial charge on any atom is 0.193 e. The highest BCUT2D eigenvalue weighted by Crippen LogP contribution is 2.19. The molecular weight excluding hydrogens is 455 g/mol. The SMILES string of the molecule is CN=C(NCCOCCS(C)(=O)=O)N1CCC(CN2CCCC2)C1.I. The largest absolute Gasteiger partial charge is 0.379 e. The minimum Gasteiger partial charge on any atom is -0.379 e. The summed E-state index contributed by atoms with van der Waals surface area (Å²) < 4.78 is 27.4. The first-order valence-electron chi connectivity index (χ1n) is 8.91. The van der Waals surface area contributed by atoms with Crippen molar-refractivity contribution >= 4 is 39.8 Å². The van der Waals surface area contributed by atoms with Gasteiger partial charge in [-0.15, -0.1) is 24.0 Å². The monoisotopic (exact) mass is 488 g/mol. The lowest BCUT2D eigenvalue weighted by atomic mass is 10.1. The molecule has 0 radical (unpaired) electrons. The van der Waals surface area contributed by atoms with Gasteiger partial charge in [0, 0.05) is 39.5 Å². The first-order chi connectivity index (χ1) is 11.5. The van der Waals surface area contributed by atoms with Crippen LogP contribution in [0, 0.1) is 5.92 Å². The molecule has 0 saturated carbocycles. The first kappa shape index (κ1) is 22.9. The van der Waals surface area contributed by atoms with Crippen molar-refractivity contribution < 1.29 is 13.2 Å². The van der Waals surface area contributed by atoms with Gasteiger partial charge in [-0.3, -0.25) is 4.99 Å². The summed E-state index contributed by atoms with van der Waals surface area (Å²) in [6, 6.07) is 0. The van der Waals surface area contributed by atoms with E-state index in [9.17, 15) is 8.42 Å². The van der Waals surface area contributed by atoms with Crippen LogP contribution in [0.2, 0.25) is 0 Å². The smallest absolute Gasteiger partial charge is 0.193 e. The van der Waals surface area contributed by atoms with E-state index in [1.54, 1.807) is 7.05 Å². The van der Waals surface area contributed by atoms with E-state index in [2.05, 4.69) is 20.1 Å². The number of nitrogens with one attached hydrogen (secondary N) is 1. The number of hydrogen-bond acceptors (Lipinski definition) is 5. The number of nitrogens with zero attached hydrogens (tertiary/aromatic N) is 3. The molecule has 2 rings (SSSR count). The molecule has 2 aliphatic heterocycles. The average molecular weight is 488 g/mol. The molecule has 0 aromatic carbocycles. The Labute approximate surface area is 169 Å². The van der Waals surface area contributed by atoms with Crippen molar-refractivity contribution in [1.82, 2.24) is 15.1 Å². The molecule has 9 heteroatoms. The normalized spacial score (nSPS) is 22.2. The quantitative estimate of drug-likeness (QED) is 0.234. The number of likely N-dealkylation sites (tertiary alicyclic amines) is 2. The minimum atomic E-state index is -2.94. The van der Waals surface area contributed by atoms with Gasteiger partial charge in [-0.25, -0.2) is 8.42 Å². The number of guanidine groups is 1. The first-order valence-corrected chi connectivity index (χ1v) is 11.0. The van der Waals surface area contributed by atoms with Gasteiger partial charge in [-0.05, 0) is 38.3 Å². The summed E-state index contributed by atoms with van der Waals surface area (Å²) in [6.07, 6.45) is 5.14. The summed E-state index contributed by atoms with van der Waals surface area (Å²) in [5.74, 6) is 1.73. The van der Waals surface area contributed by atoms with E-state index in [1.807, 2.05) is 0 Å². The molecule has 2 aliphatic rings. The van der Waals surface area contributed by atoms with E-state index in [0.717, 1.165) is 25.0 Å². The van der Waals surface area contributed by atoms with Crippen LogP contribution >= 0.6 is 24.0 Å². The van der Waals surface area contributed by atoms with Crippen molar-refractivity contribution in [3.8, 4) is 0 Å². The Bertz CT molecular complexity index is 510. The van der Waals surface area contributed by atoms with Gasteiger partial charge in [0.25, 0.3) is 0 Å². The van der Waals surface area contributed by atoms with Gasteiger partial charge < -0.3 is 19.9 Å². The molecule has 0 aromatic rings. The van der Waals surface area contributed by atoms with Crippen molar-refractivity contribution in [2.75, 3.05) is 71.5 Å². The van der Waals surface area contributed by atoms with Crippen LogP contribution in [-0.4, -0.2) is 95.7 Å². The predicted molar refractivity (Wildman–Crippen MR) is 113 cm³/mol. The second-order valence-electron chi connectivity index (χ2n) is 6.82. The summed E-state index contributed by atoms with van der Waals surface area (Å²) in [7, 11) is -1.14. The Kier molecular flexibility index (Phi) is 10.6. The number of halogens is 1. The van der Waals surface area contributed by atoms with Gasteiger partial charge in [0.1, 0.15) is 9.84 Å². The summed E-state index contributed by atoms with van der Waals surface area (Å²) in [6.45, 7) is 7.22. The molecule has 0 bridgehead atoms. The van der Waals surface area contributed by atoms with Gasteiger partial charge >= 0.3 is 0 Å². The fraction of sp³-hybridized carbons (Fsp3) is 0.938. The van der Waals surface area contributed by atoms with E-state index < -0.39 is 9.84 Å².